The Labute approximate surface area is 142 Å². The van der Waals surface area contributed by atoms with E-state index >= 15 is 0 Å². The molecule has 3 aromatic rings. The van der Waals surface area contributed by atoms with E-state index in [9.17, 15) is 10.1 Å². The van der Waals surface area contributed by atoms with E-state index < -0.39 is 0 Å². The fourth-order valence-corrected chi connectivity index (χ4v) is 3.31. The highest BCUT2D eigenvalue weighted by Gasteiger charge is 2.15. The van der Waals surface area contributed by atoms with Gasteiger partial charge in [0.15, 0.2) is 0 Å². The molecule has 0 saturated carbocycles. The van der Waals surface area contributed by atoms with Gasteiger partial charge in [0.05, 0.1) is 35.5 Å². The molecule has 7 nitrogen and oxygen atoms in total. The molecule has 2 aromatic heterocycles. The highest BCUT2D eigenvalue weighted by molar-refractivity contribution is 7.15. The van der Waals surface area contributed by atoms with E-state index in [1.54, 1.807) is 29.1 Å². The molecule has 8 heteroatoms. The summed E-state index contributed by atoms with van der Waals surface area (Å²) in [6.45, 7) is 1.11. The molecular formula is C16H16N4O3S. The molecule has 0 fully saturated rings. The number of thiophene rings is 1. The smallest absolute Gasteiger partial charge is 0.278 e. The number of benzene rings is 1. The Morgan fingerprint density at radius 1 is 1.29 bits per heavy atom. The number of aliphatic hydroxyl groups excluding tert-OH is 1. The highest BCUT2D eigenvalue weighted by atomic mass is 32.1. The van der Waals surface area contributed by atoms with Gasteiger partial charge in [0.1, 0.15) is 0 Å². The van der Waals surface area contributed by atoms with Crippen LogP contribution in [0.25, 0.3) is 10.4 Å². The topological polar surface area (TPSA) is 93.2 Å². The van der Waals surface area contributed by atoms with Gasteiger partial charge in [-0.15, -0.1) is 11.3 Å². The lowest BCUT2D eigenvalue weighted by molar-refractivity contribution is -0.384. The van der Waals surface area contributed by atoms with Crippen molar-refractivity contribution >= 4 is 22.7 Å². The SMILES string of the molecule is O=[N+]([O-])c1ccccc1-c1ccc(CNc2cnn(CCO)c2)s1. The van der Waals surface area contributed by atoms with Crippen molar-refractivity contribution in [3.05, 3.63) is 63.8 Å². The van der Waals surface area contributed by atoms with Crippen molar-refractivity contribution < 1.29 is 10.0 Å². The second kappa shape index (κ2) is 7.24. The van der Waals surface area contributed by atoms with Crippen molar-refractivity contribution in [1.29, 1.82) is 0 Å². The van der Waals surface area contributed by atoms with Gasteiger partial charge < -0.3 is 10.4 Å². The zero-order valence-electron chi connectivity index (χ0n) is 12.8. The van der Waals surface area contributed by atoms with Gasteiger partial charge in [-0.2, -0.15) is 5.10 Å². The van der Waals surface area contributed by atoms with E-state index in [4.69, 9.17) is 5.11 Å². The fraction of sp³-hybridized carbons (Fsp3) is 0.188. The van der Waals surface area contributed by atoms with Crippen LogP contribution in [0.15, 0.2) is 48.8 Å². The average molecular weight is 344 g/mol. The van der Waals surface area contributed by atoms with Crippen LogP contribution in [0.3, 0.4) is 0 Å². The summed E-state index contributed by atoms with van der Waals surface area (Å²) in [6, 6.07) is 10.6. The number of nitro benzene ring substituents is 1. The molecule has 0 amide bonds. The average Bonchev–Trinajstić information content (AvgIpc) is 3.22. The van der Waals surface area contributed by atoms with Crippen LogP contribution in [-0.4, -0.2) is 26.4 Å². The number of nitrogens with zero attached hydrogens (tertiary/aromatic N) is 3. The van der Waals surface area contributed by atoms with E-state index in [1.807, 2.05) is 18.3 Å². The maximum atomic E-state index is 11.1. The molecular weight excluding hydrogens is 328 g/mol. The lowest BCUT2D eigenvalue weighted by Gasteiger charge is -2.01. The summed E-state index contributed by atoms with van der Waals surface area (Å²) in [5, 5.41) is 27.4. The van der Waals surface area contributed by atoms with Crippen molar-refractivity contribution in [2.45, 2.75) is 13.1 Å². The molecule has 0 unspecified atom stereocenters. The zero-order chi connectivity index (χ0) is 16.9. The van der Waals surface area contributed by atoms with Crippen LogP contribution in [0.4, 0.5) is 11.4 Å². The van der Waals surface area contributed by atoms with Crippen molar-refractivity contribution in [1.82, 2.24) is 9.78 Å². The highest BCUT2D eigenvalue weighted by Crippen LogP contribution is 2.34. The van der Waals surface area contributed by atoms with Crippen LogP contribution in [-0.2, 0) is 13.1 Å². The third-order valence-electron chi connectivity index (χ3n) is 3.46. The van der Waals surface area contributed by atoms with Crippen molar-refractivity contribution in [3.63, 3.8) is 0 Å². The second-order valence-corrected chi connectivity index (χ2v) is 6.28. The van der Waals surface area contributed by atoms with Gasteiger partial charge in [0.25, 0.3) is 5.69 Å². The molecule has 0 atom stereocenters. The predicted molar refractivity (Wildman–Crippen MR) is 93.0 cm³/mol. The number of nitrogens with one attached hydrogen (secondary N) is 1. The minimum Gasteiger partial charge on any atom is -0.394 e. The molecule has 3 rings (SSSR count). The summed E-state index contributed by atoms with van der Waals surface area (Å²) >= 11 is 1.52. The van der Waals surface area contributed by atoms with Gasteiger partial charge in [-0.1, -0.05) is 12.1 Å². The maximum Gasteiger partial charge on any atom is 0.278 e. The molecule has 2 N–H and O–H groups in total. The van der Waals surface area contributed by atoms with Gasteiger partial charge in [-0.3, -0.25) is 14.8 Å². The summed E-state index contributed by atoms with van der Waals surface area (Å²) in [5.74, 6) is 0. The number of rotatable bonds is 7. The molecule has 0 spiro atoms. The van der Waals surface area contributed by atoms with Gasteiger partial charge in [0.2, 0.25) is 0 Å². The number of anilines is 1. The molecule has 0 aliphatic carbocycles. The summed E-state index contributed by atoms with van der Waals surface area (Å²) in [4.78, 5) is 12.7. The van der Waals surface area contributed by atoms with Crippen molar-refractivity contribution in [2.24, 2.45) is 0 Å². The third kappa shape index (κ3) is 3.61. The number of para-hydroxylation sites is 1. The van der Waals surface area contributed by atoms with E-state index in [2.05, 4.69) is 10.4 Å². The Hall–Kier alpha value is -2.71. The minimum atomic E-state index is -0.359. The Morgan fingerprint density at radius 3 is 2.92 bits per heavy atom. The molecule has 0 radical (unpaired) electrons. The van der Waals surface area contributed by atoms with Crippen molar-refractivity contribution in [2.75, 3.05) is 11.9 Å². The first-order valence-corrected chi connectivity index (χ1v) is 8.18. The van der Waals surface area contributed by atoms with Gasteiger partial charge >= 0.3 is 0 Å². The number of hydrogen-bond donors (Lipinski definition) is 2. The monoisotopic (exact) mass is 344 g/mol. The first kappa shape index (κ1) is 16.2. The molecule has 0 aliphatic rings. The van der Waals surface area contributed by atoms with Crippen LogP contribution >= 0.6 is 11.3 Å². The lowest BCUT2D eigenvalue weighted by atomic mass is 10.1. The summed E-state index contributed by atoms with van der Waals surface area (Å²) in [7, 11) is 0. The van der Waals surface area contributed by atoms with Gasteiger partial charge in [0, 0.05) is 28.6 Å². The van der Waals surface area contributed by atoms with E-state index in [0.717, 1.165) is 15.4 Å². The lowest BCUT2D eigenvalue weighted by Crippen LogP contribution is -2.01. The Bertz CT molecular complexity index is 843. The molecule has 24 heavy (non-hydrogen) atoms. The Balaban J connectivity index is 1.70. The first-order valence-electron chi connectivity index (χ1n) is 7.37. The fourth-order valence-electron chi connectivity index (χ4n) is 2.33. The van der Waals surface area contributed by atoms with Crippen LogP contribution in [0.2, 0.25) is 0 Å². The number of aromatic nitrogens is 2. The van der Waals surface area contributed by atoms with E-state index in [0.29, 0.717) is 18.7 Å². The third-order valence-corrected chi connectivity index (χ3v) is 4.58. The summed E-state index contributed by atoms with van der Waals surface area (Å²) in [6.07, 6.45) is 3.53. The largest absolute Gasteiger partial charge is 0.394 e. The quantitative estimate of drug-likeness (QED) is 0.507. The van der Waals surface area contributed by atoms with Crippen LogP contribution in [0, 0.1) is 10.1 Å². The van der Waals surface area contributed by atoms with Crippen LogP contribution < -0.4 is 5.32 Å². The summed E-state index contributed by atoms with van der Waals surface area (Å²) in [5.41, 5.74) is 1.61. The molecule has 1 aromatic carbocycles. The predicted octanol–water partition coefficient (Wildman–Crippen LogP) is 3.12. The second-order valence-electron chi connectivity index (χ2n) is 5.11. The van der Waals surface area contributed by atoms with Crippen LogP contribution in [0.5, 0.6) is 0 Å². The normalized spacial score (nSPS) is 10.7. The molecule has 0 aliphatic heterocycles. The number of nitro groups is 1. The van der Waals surface area contributed by atoms with Gasteiger partial charge in [-0.05, 0) is 18.2 Å². The molecule has 124 valence electrons. The Morgan fingerprint density at radius 2 is 2.12 bits per heavy atom. The zero-order valence-corrected chi connectivity index (χ0v) is 13.6. The van der Waals surface area contributed by atoms with Gasteiger partial charge in [-0.25, -0.2) is 0 Å². The van der Waals surface area contributed by atoms with E-state index in [1.165, 1.54) is 17.4 Å². The maximum absolute atomic E-state index is 11.1. The first-order chi connectivity index (χ1) is 11.7. The standard InChI is InChI=1S/C16H16N4O3S/c21-8-7-19-11-12(9-18-19)17-10-13-5-6-16(24-13)14-3-1-2-4-15(14)20(22)23/h1-6,9,11,17,21H,7-8,10H2. The van der Waals surface area contributed by atoms with Crippen LogP contribution in [0.1, 0.15) is 4.88 Å². The van der Waals surface area contributed by atoms with E-state index in [-0.39, 0.29) is 17.2 Å². The molecule has 0 saturated heterocycles. The molecule has 0 bridgehead atoms. The number of hydrogen-bond acceptors (Lipinski definition) is 6. The Kier molecular flexibility index (Phi) is 4.88. The number of aliphatic hydroxyl groups is 1. The minimum absolute atomic E-state index is 0.0469. The summed E-state index contributed by atoms with van der Waals surface area (Å²) < 4.78 is 1.66. The van der Waals surface area contributed by atoms with Crippen molar-refractivity contribution in [3.8, 4) is 10.4 Å². The molecule has 2 heterocycles.